The van der Waals surface area contributed by atoms with Crippen molar-refractivity contribution in [2.24, 2.45) is 16.8 Å². The quantitative estimate of drug-likeness (QED) is 0.574. The molecule has 2 atom stereocenters. The lowest BCUT2D eigenvalue weighted by atomic mass is 9.77. The normalized spacial score (nSPS) is 25.9. The predicted octanol–water partition coefficient (Wildman–Crippen LogP) is 2.78. The second kappa shape index (κ2) is 5.01. The number of ketones is 1. The number of aliphatic imine (C=N–C) groups is 1. The second-order valence-electron chi connectivity index (χ2n) is 4.30. The maximum absolute atomic E-state index is 11.6. The highest BCUT2D eigenvalue weighted by Gasteiger charge is 2.28. The van der Waals surface area contributed by atoms with Crippen LogP contribution in [0.5, 0.6) is 0 Å². The number of rotatable bonds is 3. The van der Waals surface area contributed by atoms with Gasteiger partial charge >= 0.3 is 0 Å². The molecule has 0 aromatic rings. The van der Waals surface area contributed by atoms with Crippen molar-refractivity contribution in [3.05, 3.63) is 23.3 Å². The van der Waals surface area contributed by atoms with Gasteiger partial charge in [0.1, 0.15) is 6.34 Å². The fourth-order valence-electron chi connectivity index (χ4n) is 2.29. The lowest BCUT2D eigenvalue weighted by Gasteiger charge is -2.27. The SMILES string of the molecule is CC(=O)C1=CC(C)=CC(C)C1/C(C)=N/C=N. The third kappa shape index (κ3) is 2.54. The number of Topliss-reactive ketones (excluding diaryl/α,β-unsaturated/α-hetero) is 1. The Balaban J connectivity index is 3.17. The number of hydrogen-bond donors (Lipinski definition) is 1. The zero-order chi connectivity index (χ0) is 12.3. The Morgan fingerprint density at radius 3 is 2.62 bits per heavy atom. The summed E-state index contributed by atoms with van der Waals surface area (Å²) in [7, 11) is 0. The van der Waals surface area contributed by atoms with E-state index in [0.29, 0.717) is 0 Å². The summed E-state index contributed by atoms with van der Waals surface area (Å²) in [4.78, 5) is 15.6. The van der Waals surface area contributed by atoms with E-state index in [2.05, 4.69) is 18.0 Å². The number of carbonyl (C=O) groups is 1. The molecule has 3 nitrogen and oxygen atoms in total. The van der Waals surface area contributed by atoms with Crippen molar-refractivity contribution in [1.82, 2.24) is 0 Å². The number of nitrogens with zero attached hydrogens (tertiary/aromatic N) is 1. The van der Waals surface area contributed by atoms with Crippen LogP contribution in [-0.4, -0.2) is 17.8 Å². The van der Waals surface area contributed by atoms with Gasteiger partial charge in [0.25, 0.3) is 0 Å². The molecule has 16 heavy (non-hydrogen) atoms. The molecule has 2 unspecified atom stereocenters. The van der Waals surface area contributed by atoms with Crippen LogP contribution in [0.25, 0.3) is 0 Å². The van der Waals surface area contributed by atoms with Crippen molar-refractivity contribution in [2.75, 3.05) is 0 Å². The van der Waals surface area contributed by atoms with Crippen LogP contribution in [0.3, 0.4) is 0 Å². The maximum atomic E-state index is 11.6. The smallest absolute Gasteiger partial charge is 0.156 e. The highest BCUT2D eigenvalue weighted by molar-refractivity contribution is 6.04. The van der Waals surface area contributed by atoms with Crippen molar-refractivity contribution in [1.29, 1.82) is 5.41 Å². The zero-order valence-electron chi connectivity index (χ0n) is 10.2. The van der Waals surface area contributed by atoms with Crippen LogP contribution >= 0.6 is 0 Å². The number of hydrogen-bond acceptors (Lipinski definition) is 2. The molecule has 86 valence electrons. The van der Waals surface area contributed by atoms with E-state index in [4.69, 9.17) is 5.41 Å². The lowest BCUT2D eigenvalue weighted by Crippen LogP contribution is -2.27. The van der Waals surface area contributed by atoms with Crippen LogP contribution in [0, 0.1) is 17.2 Å². The van der Waals surface area contributed by atoms with Gasteiger partial charge in [0.05, 0.1) is 0 Å². The summed E-state index contributed by atoms with van der Waals surface area (Å²) in [6.45, 7) is 7.53. The van der Waals surface area contributed by atoms with Gasteiger partial charge < -0.3 is 0 Å². The van der Waals surface area contributed by atoms with E-state index in [0.717, 1.165) is 23.2 Å². The Kier molecular flexibility index (Phi) is 3.93. The van der Waals surface area contributed by atoms with Crippen molar-refractivity contribution in [2.45, 2.75) is 27.7 Å². The summed E-state index contributed by atoms with van der Waals surface area (Å²) < 4.78 is 0. The molecule has 0 saturated heterocycles. The van der Waals surface area contributed by atoms with E-state index in [1.807, 2.05) is 19.9 Å². The molecule has 1 aliphatic carbocycles. The summed E-state index contributed by atoms with van der Waals surface area (Å²) in [5, 5.41) is 7.00. The third-order valence-electron chi connectivity index (χ3n) is 2.89. The molecule has 0 bridgehead atoms. The van der Waals surface area contributed by atoms with E-state index in [1.54, 1.807) is 6.92 Å². The molecule has 0 saturated carbocycles. The second-order valence-corrected chi connectivity index (χ2v) is 4.30. The highest BCUT2D eigenvalue weighted by Crippen LogP contribution is 2.30. The first-order valence-corrected chi connectivity index (χ1v) is 5.41. The first-order valence-electron chi connectivity index (χ1n) is 5.41. The molecule has 0 spiro atoms. The van der Waals surface area contributed by atoms with Gasteiger partial charge in [-0.25, -0.2) is 4.99 Å². The van der Waals surface area contributed by atoms with E-state index in [1.165, 1.54) is 0 Å². The molecule has 1 N–H and O–H groups in total. The molecule has 0 fully saturated rings. The van der Waals surface area contributed by atoms with Gasteiger partial charge in [-0.15, -0.1) is 0 Å². The van der Waals surface area contributed by atoms with Crippen LogP contribution in [0.15, 0.2) is 28.3 Å². The third-order valence-corrected chi connectivity index (χ3v) is 2.89. The fourth-order valence-corrected chi connectivity index (χ4v) is 2.29. The summed E-state index contributed by atoms with van der Waals surface area (Å²) in [5.41, 5.74) is 2.75. The minimum absolute atomic E-state index is 0.0165. The largest absolute Gasteiger partial charge is 0.295 e. The van der Waals surface area contributed by atoms with Gasteiger partial charge in [0, 0.05) is 17.2 Å². The molecule has 0 radical (unpaired) electrons. The van der Waals surface area contributed by atoms with E-state index >= 15 is 0 Å². The fraction of sp³-hybridized carbons (Fsp3) is 0.462. The molecular formula is C13H18N2O. The van der Waals surface area contributed by atoms with Gasteiger partial charge in [-0.05, 0) is 26.7 Å². The molecule has 0 aromatic carbocycles. The van der Waals surface area contributed by atoms with E-state index < -0.39 is 0 Å². The molecule has 0 aliphatic heterocycles. The van der Waals surface area contributed by atoms with Gasteiger partial charge in [0.2, 0.25) is 0 Å². The monoisotopic (exact) mass is 218 g/mol. The van der Waals surface area contributed by atoms with Gasteiger partial charge in [-0.1, -0.05) is 24.6 Å². The van der Waals surface area contributed by atoms with Crippen LogP contribution in [-0.2, 0) is 4.79 Å². The molecule has 0 heterocycles. The first kappa shape index (κ1) is 12.6. The molecule has 1 rings (SSSR count). The highest BCUT2D eigenvalue weighted by atomic mass is 16.1. The first-order chi connectivity index (χ1) is 7.47. The number of carbonyl (C=O) groups excluding carboxylic acids is 1. The van der Waals surface area contributed by atoms with E-state index in [-0.39, 0.29) is 17.6 Å². The minimum Gasteiger partial charge on any atom is -0.295 e. The Labute approximate surface area is 96.5 Å². The van der Waals surface area contributed by atoms with Gasteiger partial charge in [0.15, 0.2) is 5.78 Å². The average molecular weight is 218 g/mol. The number of allylic oxidation sites excluding steroid dienone is 4. The summed E-state index contributed by atoms with van der Waals surface area (Å²) in [5.74, 6) is 0.360. The Bertz CT molecular complexity index is 402. The van der Waals surface area contributed by atoms with Crippen molar-refractivity contribution in [3.8, 4) is 0 Å². The van der Waals surface area contributed by atoms with Gasteiger partial charge in [-0.3, -0.25) is 10.2 Å². The van der Waals surface area contributed by atoms with Crippen molar-refractivity contribution >= 4 is 17.8 Å². The Morgan fingerprint density at radius 1 is 1.50 bits per heavy atom. The molecule has 0 aromatic heterocycles. The minimum atomic E-state index is 0.0165. The van der Waals surface area contributed by atoms with Crippen molar-refractivity contribution < 1.29 is 4.79 Å². The Morgan fingerprint density at radius 2 is 2.12 bits per heavy atom. The van der Waals surface area contributed by atoms with E-state index in [9.17, 15) is 4.79 Å². The van der Waals surface area contributed by atoms with Crippen LogP contribution in [0.2, 0.25) is 0 Å². The number of nitrogens with one attached hydrogen (secondary N) is 1. The molecule has 1 aliphatic rings. The molecule has 0 amide bonds. The molecular weight excluding hydrogens is 200 g/mol. The topological polar surface area (TPSA) is 53.3 Å². The van der Waals surface area contributed by atoms with Crippen LogP contribution in [0.4, 0.5) is 0 Å². The maximum Gasteiger partial charge on any atom is 0.156 e. The Hall–Kier alpha value is -1.51. The van der Waals surface area contributed by atoms with Crippen molar-refractivity contribution in [3.63, 3.8) is 0 Å². The average Bonchev–Trinajstić information content (AvgIpc) is 2.16. The summed E-state index contributed by atoms with van der Waals surface area (Å²) in [6, 6.07) is 0. The van der Waals surface area contributed by atoms with Crippen LogP contribution < -0.4 is 0 Å². The predicted molar refractivity (Wildman–Crippen MR) is 67.1 cm³/mol. The standard InChI is InChI=1S/C13H18N2O/c1-8-5-9(2)13(10(3)15-7-14)12(6-8)11(4)16/h5-7,9,13-14H,1-4H3/b14-7?,15-10+. The lowest BCUT2D eigenvalue weighted by molar-refractivity contribution is -0.114. The zero-order valence-corrected chi connectivity index (χ0v) is 10.2. The summed E-state index contributed by atoms with van der Waals surface area (Å²) >= 11 is 0. The molecule has 3 heteroatoms. The summed E-state index contributed by atoms with van der Waals surface area (Å²) in [6.07, 6.45) is 5.10. The van der Waals surface area contributed by atoms with Gasteiger partial charge in [-0.2, -0.15) is 0 Å². The van der Waals surface area contributed by atoms with Crippen LogP contribution in [0.1, 0.15) is 27.7 Å².